The Balaban J connectivity index is 2.30. The normalized spacial score (nSPS) is 20.4. The molecule has 7 unspecified atom stereocenters. The predicted octanol–water partition coefficient (Wildman–Crippen LogP) is 12.6. The minimum atomic E-state index is -1.58. The molecule has 64 heavy (non-hydrogen) atoms. The lowest BCUT2D eigenvalue weighted by Crippen LogP contribution is -2.60. The Morgan fingerprint density at radius 1 is 0.516 bits per heavy atom. The Hall–Kier alpha value is -1.85. The fourth-order valence-corrected chi connectivity index (χ4v) is 8.30. The number of aliphatic hydroxyl groups excluding tert-OH is 5. The van der Waals surface area contributed by atoms with E-state index < -0.39 is 49.5 Å². The molecule has 0 aromatic carbocycles. The summed E-state index contributed by atoms with van der Waals surface area (Å²) in [6.07, 6.45) is 51.7. The van der Waals surface area contributed by atoms with Gasteiger partial charge in [0.25, 0.3) is 0 Å². The fourth-order valence-electron chi connectivity index (χ4n) is 8.30. The van der Waals surface area contributed by atoms with Crippen LogP contribution in [0.25, 0.3) is 0 Å². The highest BCUT2D eigenvalue weighted by Gasteiger charge is 2.44. The maximum absolute atomic E-state index is 13.0. The molecule has 6 N–H and O–H groups in total. The topological polar surface area (TPSA) is 149 Å². The molecule has 9 heteroatoms. The zero-order chi connectivity index (χ0) is 46.6. The summed E-state index contributed by atoms with van der Waals surface area (Å²) in [4.78, 5) is 13.0. The van der Waals surface area contributed by atoms with E-state index in [4.69, 9.17) is 9.47 Å². The van der Waals surface area contributed by atoms with Gasteiger partial charge >= 0.3 is 0 Å². The molecule has 0 aromatic rings. The number of rotatable bonds is 45. The van der Waals surface area contributed by atoms with E-state index >= 15 is 0 Å². The van der Waals surface area contributed by atoms with Crippen molar-refractivity contribution in [3.05, 3.63) is 48.6 Å². The quantitative estimate of drug-likeness (QED) is 0.0261. The first-order chi connectivity index (χ1) is 31.3. The third kappa shape index (κ3) is 34.5. The van der Waals surface area contributed by atoms with Gasteiger partial charge in [0.05, 0.1) is 25.4 Å². The number of aliphatic hydroxyl groups is 5. The maximum atomic E-state index is 13.0. The Morgan fingerprint density at radius 2 is 0.891 bits per heavy atom. The van der Waals surface area contributed by atoms with Gasteiger partial charge in [0.1, 0.15) is 24.4 Å². The standard InChI is InChI=1S/C55H101NO8/c1-3-5-7-9-11-13-15-17-19-21-23-24-25-26-27-29-31-33-35-37-39-41-43-45-51(59)56-48(47-63-55-54(62)53(61)52(60)50(46-57)64-55)49(58)44-42-40-38-36-34-32-30-28-22-20-18-16-14-12-10-8-6-4-2/h22,26-28,34,36,42,44,48-50,52-55,57-58,60-62H,3-21,23-25,29-33,35,37-41,43,45-47H2,1-2H3,(H,56,59)/b27-26-,28-22+,36-34+,44-42+. The molecular weight excluding hydrogens is 803 g/mol. The van der Waals surface area contributed by atoms with E-state index in [-0.39, 0.29) is 12.5 Å². The monoisotopic (exact) mass is 904 g/mol. The molecule has 0 spiro atoms. The van der Waals surface area contributed by atoms with E-state index in [1.165, 1.54) is 161 Å². The van der Waals surface area contributed by atoms with Gasteiger partial charge < -0.3 is 40.3 Å². The van der Waals surface area contributed by atoms with Crippen LogP contribution < -0.4 is 5.32 Å². The molecule has 0 bridgehead atoms. The summed E-state index contributed by atoms with van der Waals surface area (Å²) in [5, 5.41) is 54.4. The van der Waals surface area contributed by atoms with Crippen LogP contribution in [0.5, 0.6) is 0 Å². The minimum absolute atomic E-state index is 0.195. The first-order valence-electron chi connectivity index (χ1n) is 26.9. The molecular formula is C55H101NO8. The van der Waals surface area contributed by atoms with Crippen molar-refractivity contribution in [3.63, 3.8) is 0 Å². The number of carbonyl (C=O) groups excluding carboxylic acids is 1. The van der Waals surface area contributed by atoms with E-state index in [1.807, 2.05) is 6.08 Å². The summed E-state index contributed by atoms with van der Waals surface area (Å²) in [7, 11) is 0. The average Bonchev–Trinajstić information content (AvgIpc) is 3.29. The molecule has 0 saturated carbocycles. The lowest BCUT2D eigenvalue weighted by Gasteiger charge is -2.40. The minimum Gasteiger partial charge on any atom is -0.394 e. The Morgan fingerprint density at radius 3 is 1.31 bits per heavy atom. The van der Waals surface area contributed by atoms with Gasteiger partial charge in [0, 0.05) is 6.42 Å². The number of carbonyl (C=O) groups is 1. The van der Waals surface area contributed by atoms with Gasteiger partial charge in [-0.05, 0) is 70.6 Å². The number of allylic oxidation sites excluding steroid dienone is 7. The Kier molecular flexibility index (Phi) is 42.3. The molecule has 0 aliphatic carbocycles. The third-order valence-corrected chi connectivity index (χ3v) is 12.6. The molecule has 1 amide bonds. The number of amides is 1. The van der Waals surface area contributed by atoms with Crippen molar-refractivity contribution in [1.82, 2.24) is 5.32 Å². The van der Waals surface area contributed by atoms with Crippen LogP contribution in [0.3, 0.4) is 0 Å². The number of unbranched alkanes of at least 4 members (excludes halogenated alkanes) is 29. The van der Waals surface area contributed by atoms with E-state index in [1.54, 1.807) is 6.08 Å². The van der Waals surface area contributed by atoms with Gasteiger partial charge in [-0.2, -0.15) is 0 Å². The zero-order valence-corrected chi connectivity index (χ0v) is 41.3. The van der Waals surface area contributed by atoms with Crippen molar-refractivity contribution in [2.45, 2.75) is 281 Å². The molecule has 1 heterocycles. The fraction of sp³-hybridized carbons (Fsp3) is 0.836. The van der Waals surface area contributed by atoms with Gasteiger partial charge in [0.15, 0.2) is 6.29 Å². The lowest BCUT2D eigenvalue weighted by atomic mass is 9.99. The maximum Gasteiger partial charge on any atom is 0.220 e. The smallest absolute Gasteiger partial charge is 0.220 e. The largest absolute Gasteiger partial charge is 0.394 e. The van der Waals surface area contributed by atoms with Crippen LogP contribution in [0.15, 0.2) is 48.6 Å². The second kappa shape index (κ2) is 45.0. The molecule has 0 radical (unpaired) electrons. The van der Waals surface area contributed by atoms with Crippen LogP contribution in [-0.4, -0.2) is 87.5 Å². The van der Waals surface area contributed by atoms with Crippen molar-refractivity contribution >= 4 is 5.91 Å². The summed E-state index contributed by atoms with van der Waals surface area (Å²) in [5.41, 5.74) is 0. The number of nitrogens with one attached hydrogen (secondary N) is 1. The second-order valence-electron chi connectivity index (χ2n) is 18.6. The molecule has 1 aliphatic rings. The van der Waals surface area contributed by atoms with Crippen molar-refractivity contribution in [1.29, 1.82) is 0 Å². The SMILES string of the molecule is CCCCCCCCCC/C=C/CC/C=C/CC/C=C/C(O)C(COC1OC(CO)C(O)C(O)C1O)NC(=O)CCCCCCCCC/C=C\CCCCCCCCCCCCCC. The average molecular weight is 904 g/mol. The number of ether oxygens (including phenoxy) is 2. The highest BCUT2D eigenvalue weighted by Crippen LogP contribution is 2.23. The van der Waals surface area contributed by atoms with E-state index in [0.717, 1.165) is 57.8 Å². The van der Waals surface area contributed by atoms with Crippen molar-refractivity contribution in [3.8, 4) is 0 Å². The summed E-state index contributed by atoms with van der Waals surface area (Å²) in [6, 6.07) is -0.831. The molecule has 1 aliphatic heterocycles. The van der Waals surface area contributed by atoms with E-state index in [9.17, 15) is 30.3 Å². The van der Waals surface area contributed by atoms with Gasteiger partial charge in [0.2, 0.25) is 5.91 Å². The molecule has 1 saturated heterocycles. The zero-order valence-electron chi connectivity index (χ0n) is 41.3. The summed E-state index contributed by atoms with van der Waals surface area (Å²) in [5.74, 6) is -0.195. The van der Waals surface area contributed by atoms with E-state index in [2.05, 4.69) is 55.6 Å². The third-order valence-electron chi connectivity index (χ3n) is 12.6. The highest BCUT2D eigenvalue weighted by molar-refractivity contribution is 5.76. The van der Waals surface area contributed by atoms with Crippen molar-refractivity contribution in [2.24, 2.45) is 0 Å². The van der Waals surface area contributed by atoms with Gasteiger partial charge in [-0.1, -0.05) is 210 Å². The molecule has 7 atom stereocenters. The van der Waals surface area contributed by atoms with Crippen LogP contribution in [0.1, 0.15) is 239 Å². The molecule has 1 rings (SSSR count). The first-order valence-corrected chi connectivity index (χ1v) is 26.9. The van der Waals surface area contributed by atoms with Gasteiger partial charge in [-0.15, -0.1) is 0 Å². The van der Waals surface area contributed by atoms with E-state index in [0.29, 0.717) is 6.42 Å². The van der Waals surface area contributed by atoms with Crippen molar-refractivity contribution < 1.29 is 39.8 Å². The number of hydrogen-bond donors (Lipinski definition) is 6. The highest BCUT2D eigenvalue weighted by atomic mass is 16.7. The molecule has 1 fully saturated rings. The molecule has 0 aromatic heterocycles. The Labute approximate surface area is 393 Å². The van der Waals surface area contributed by atoms with Crippen LogP contribution in [0, 0.1) is 0 Å². The van der Waals surface area contributed by atoms with Gasteiger partial charge in [-0.25, -0.2) is 0 Å². The molecule has 374 valence electrons. The predicted molar refractivity (Wildman–Crippen MR) is 267 cm³/mol. The van der Waals surface area contributed by atoms with Crippen LogP contribution in [0.4, 0.5) is 0 Å². The number of hydrogen-bond acceptors (Lipinski definition) is 8. The van der Waals surface area contributed by atoms with Crippen LogP contribution in [-0.2, 0) is 14.3 Å². The first kappa shape index (κ1) is 60.2. The summed E-state index contributed by atoms with van der Waals surface area (Å²) in [6.45, 7) is 3.76. The van der Waals surface area contributed by atoms with Crippen LogP contribution >= 0.6 is 0 Å². The van der Waals surface area contributed by atoms with Crippen LogP contribution in [0.2, 0.25) is 0 Å². The van der Waals surface area contributed by atoms with Crippen molar-refractivity contribution in [2.75, 3.05) is 13.2 Å². The summed E-state index contributed by atoms with van der Waals surface area (Å²) >= 11 is 0. The Bertz CT molecular complexity index is 1140. The van der Waals surface area contributed by atoms with Gasteiger partial charge in [-0.3, -0.25) is 4.79 Å². The second-order valence-corrected chi connectivity index (χ2v) is 18.6. The molecule has 9 nitrogen and oxygen atoms in total. The summed E-state index contributed by atoms with van der Waals surface area (Å²) < 4.78 is 11.2. The lowest BCUT2D eigenvalue weighted by molar-refractivity contribution is -0.302.